The quantitative estimate of drug-likeness (QED) is 0.905. The van der Waals surface area contributed by atoms with E-state index < -0.39 is 0 Å². The number of benzene rings is 1. The SMILES string of the molecule is O=C(CC1CCSCC1)Nc1ccc(N2CCCCC2)cc1. The number of carbonyl (C=O) groups excluding carboxylic acids is 1. The molecule has 2 fully saturated rings. The maximum Gasteiger partial charge on any atom is 0.224 e. The van der Waals surface area contributed by atoms with Gasteiger partial charge in [0.1, 0.15) is 0 Å². The Morgan fingerprint density at radius 1 is 1.09 bits per heavy atom. The van der Waals surface area contributed by atoms with Crippen LogP contribution in [0.1, 0.15) is 38.5 Å². The first-order valence-electron chi connectivity index (χ1n) is 8.54. The summed E-state index contributed by atoms with van der Waals surface area (Å²) in [4.78, 5) is 14.6. The number of amides is 1. The molecule has 2 aliphatic rings. The standard InChI is InChI=1S/C18H26N2OS/c21-18(14-15-8-12-22-13-9-15)19-16-4-6-17(7-5-16)20-10-2-1-3-11-20/h4-7,15H,1-3,8-14H2,(H,19,21). The van der Waals surface area contributed by atoms with Crippen molar-refractivity contribution in [1.29, 1.82) is 0 Å². The van der Waals surface area contributed by atoms with Gasteiger partial charge in [-0.1, -0.05) is 0 Å². The Kier molecular flexibility index (Phi) is 5.65. The van der Waals surface area contributed by atoms with E-state index in [9.17, 15) is 4.79 Å². The first kappa shape index (κ1) is 15.7. The molecule has 0 unspecified atom stereocenters. The van der Waals surface area contributed by atoms with Crippen LogP contribution in [0.4, 0.5) is 11.4 Å². The number of hydrogen-bond acceptors (Lipinski definition) is 3. The molecule has 1 N–H and O–H groups in total. The number of anilines is 2. The molecular weight excluding hydrogens is 292 g/mol. The third-order valence-electron chi connectivity index (χ3n) is 4.69. The van der Waals surface area contributed by atoms with E-state index >= 15 is 0 Å². The van der Waals surface area contributed by atoms with Crippen LogP contribution < -0.4 is 10.2 Å². The molecule has 2 aliphatic heterocycles. The Balaban J connectivity index is 1.50. The molecule has 0 aromatic heterocycles. The van der Waals surface area contributed by atoms with Gasteiger partial charge in [0.25, 0.3) is 0 Å². The minimum atomic E-state index is 0.169. The first-order valence-corrected chi connectivity index (χ1v) is 9.69. The molecule has 1 aromatic rings. The molecule has 0 bridgehead atoms. The van der Waals surface area contributed by atoms with Crippen molar-refractivity contribution in [3.05, 3.63) is 24.3 Å². The van der Waals surface area contributed by atoms with Gasteiger partial charge in [0.15, 0.2) is 0 Å². The number of thioether (sulfide) groups is 1. The molecule has 4 heteroatoms. The Bertz CT molecular complexity index is 476. The average Bonchev–Trinajstić information content (AvgIpc) is 2.57. The van der Waals surface area contributed by atoms with E-state index in [1.807, 2.05) is 23.9 Å². The molecule has 0 aliphatic carbocycles. The van der Waals surface area contributed by atoms with Crippen LogP contribution in [-0.2, 0) is 4.79 Å². The first-order chi connectivity index (χ1) is 10.8. The normalized spacial score (nSPS) is 19.9. The molecule has 0 saturated carbocycles. The summed E-state index contributed by atoms with van der Waals surface area (Å²) < 4.78 is 0. The molecule has 120 valence electrons. The monoisotopic (exact) mass is 318 g/mol. The van der Waals surface area contributed by atoms with E-state index in [4.69, 9.17) is 0 Å². The summed E-state index contributed by atoms with van der Waals surface area (Å²) in [5, 5.41) is 3.06. The molecule has 1 aromatic carbocycles. The summed E-state index contributed by atoms with van der Waals surface area (Å²) in [5.41, 5.74) is 2.21. The second-order valence-electron chi connectivity index (χ2n) is 6.40. The van der Waals surface area contributed by atoms with Crippen molar-refractivity contribution in [2.24, 2.45) is 5.92 Å². The van der Waals surface area contributed by atoms with Crippen LogP contribution in [0.15, 0.2) is 24.3 Å². The van der Waals surface area contributed by atoms with Crippen molar-refractivity contribution in [2.45, 2.75) is 38.5 Å². The summed E-state index contributed by atoms with van der Waals surface area (Å²) in [5.74, 6) is 3.17. The molecule has 0 spiro atoms. The summed E-state index contributed by atoms with van der Waals surface area (Å²) in [6, 6.07) is 8.35. The van der Waals surface area contributed by atoms with E-state index in [-0.39, 0.29) is 5.91 Å². The number of nitrogens with zero attached hydrogens (tertiary/aromatic N) is 1. The van der Waals surface area contributed by atoms with Gasteiger partial charge in [0.2, 0.25) is 5.91 Å². The molecule has 3 nitrogen and oxygen atoms in total. The Labute approximate surface area is 137 Å². The highest BCUT2D eigenvalue weighted by molar-refractivity contribution is 7.99. The van der Waals surface area contributed by atoms with E-state index in [0.29, 0.717) is 12.3 Å². The van der Waals surface area contributed by atoms with E-state index in [1.165, 1.54) is 49.3 Å². The number of hydrogen-bond donors (Lipinski definition) is 1. The molecular formula is C18H26N2OS. The second-order valence-corrected chi connectivity index (χ2v) is 7.63. The highest BCUT2D eigenvalue weighted by atomic mass is 32.2. The van der Waals surface area contributed by atoms with Gasteiger partial charge in [-0.15, -0.1) is 0 Å². The Hall–Kier alpha value is -1.16. The van der Waals surface area contributed by atoms with Gasteiger partial charge in [-0.2, -0.15) is 11.8 Å². The van der Waals surface area contributed by atoms with Gasteiger partial charge < -0.3 is 10.2 Å². The zero-order chi connectivity index (χ0) is 15.2. The van der Waals surface area contributed by atoms with Gasteiger partial charge in [-0.05, 0) is 73.8 Å². The molecule has 22 heavy (non-hydrogen) atoms. The highest BCUT2D eigenvalue weighted by Gasteiger charge is 2.17. The summed E-state index contributed by atoms with van der Waals surface area (Å²) >= 11 is 2.01. The molecule has 2 heterocycles. The lowest BCUT2D eigenvalue weighted by Gasteiger charge is -2.28. The zero-order valence-corrected chi connectivity index (χ0v) is 14.0. The lowest BCUT2D eigenvalue weighted by molar-refractivity contribution is -0.117. The van der Waals surface area contributed by atoms with E-state index in [0.717, 1.165) is 18.8 Å². The molecule has 0 atom stereocenters. The van der Waals surface area contributed by atoms with Crippen LogP contribution in [-0.4, -0.2) is 30.5 Å². The lowest BCUT2D eigenvalue weighted by atomic mass is 9.98. The van der Waals surface area contributed by atoms with E-state index in [1.54, 1.807) is 0 Å². The van der Waals surface area contributed by atoms with Crippen molar-refractivity contribution in [1.82, 2.24) is 0 Å². The molecule has 0 radical (unpaired) electrons. The Morgan fingerprint density at radius 2 is 1.77 bits per heavy atom. The number of rotatable bonds is 4. The highest BCUT2D eigenvalue weighted by Crippen LogP contribution is 2.26. The van der Waals surface area contributed by atoms with Crippen LogP contribution in [0, 0.1) is 5.92 Å². The van der Waals surface area contributed by atoms with Gasteiger partial charge in [-0.3, -0.25) is 4.79 Å². The van der Waals surface area contributed by atoms with Crippen molar-refractivity contribution in [2.75, 3.05) is 34.8 Å². The number of piperidine rings is 1. The topological polar surface area (TPSA) is 32.3 Å². The van der Waals surface area contributed by atoms with Crippen LogP contribution in [0.25, 0.3) is 0 Å². The molecule has 2 saturated heterocycles. The molecule has 3 rings (SSSR count). The predicted octanol–water partition coefficient (Wildman–Crippen LogP) is 4.15. The van der Waals surface area contributed by atoms with Crippen LogP contribution in [0.3, 0.4) is 0 Å². The van der Waals surface area contributed by atoms with Crippen LogP contribution in [0.2, 0.25) is 0 Å². The second kappa shape index (κ2) is 7.91. The van der Waals surface area contributed by atoms with Crippen molar-refractivity contribution in [3.8, 4) is 0 Å². The lowest BCUT2D eigenvalue weighted by Crippen LogP contribution is -2.29. The Morgan fingerprint density at radius 3 is 2.45 bits per heavy atom. The van der Waals surface area contributed by atoms with Crippen molar-refractivity contribution in [3.63, 3.8) is 0 Å². The summed E-state index contributed by atoms with van der Waals surface area (Å²) in [6.07, 6.45) is 6.98. The van der Waals surface area contributed by atoms with Gasteiger partial charge in [-0.25, -0.2) is 0 Å². The maximum atomic E-state index is 12.1. The van der Waals surface area contributed by atoms with Crippen LogP contribution >= 0.6 is 11.8 Å². The predicted molar refractivity (Wildman–Crippen MR) is 95.8 cm³/mol. The maximum absolute atomic E-state index is 12.1. The fourth-order valence-electron chi connectivity index (χ4n) is 3.33. The van der Waals surface area contributed by atoms with Gasteiger partial charge in [0.05, 0.1) is 0 Å². The van der Waals surface area contributed by atoms with Crippen LogP contribution in [0.5, 0.6) is 0 Å². The number of nitrogens with one attached hydrogen (secondary N) is 1. The number of carbonyl (C=O) groups is 1. The zero-order valence-electron chi connectivity index (χ0n) is 13.2. The fraction of sp³-hybridized carbons (Fsp3) is 0.611. The average molecular weight is 318 g/mol. The fourth-order valence-corrected chi connectivity index (χ4v) is 4.54. The molecule has 1 amide bonds. The minimum Gasteiger partial charge on any atom is -0.372 e. The third kappa shape index (κ3) is 4.42. The smallest absolute Gasteiger partial charge is 0.224 e. The third-order valence-corrected chi connectivity index (χ3v) is 5.74. The van der Waals surface area contributed by atoms with Crippen molar-refractivity contribution < 1.29 is 4.79 Å². The van der Waals surface area contributed by atoms with E-state index in [2.05, 4.69) is 22.3 Å². The minimum absolute atomic E-state index is 0.169. The van der Waals surface area contributed by atoms with Gasteiger partial charge >= 0.3 is 0 Å². The summed E-state index contributed by atoms with van der Waals surface area (Å²) in [6.45, 7) is 2.32. The van der Waals surface area contributed by atoms with Gasteiger partial charge in [0, 0.05) is 30.9 Å². The van der Waals surface area contributed by atoms with Crippen molar-refractivity contribution >= 4 is 29.0 Å². The summed E-state index contributed by atoms with van der Waals surface area (Å²) in [7, 11) is 0. The largest absolute Gasteiger partial charge is 0.372 e.